The van der Waals surface area contributed by atoms with Gasteiger partial charge in [0.15, 0.2) is 6.61 Å². The summed E-state index contributed by atoms with van der Waals surface area (Å²) in [6.07, 6.45) is 3.03. The van der Waals surface area contributed by atoms with Crippen LogP contribution in [0, 0.1) is 0 Å². The Bertz CT molecular complexity index is 708. The van der Waals surface area contributed by atoms with E-state index in [-0.39, 0.29) is 18.6 Å². The molecular weight excluding hydrogens is 320 g/mol. The molecule has 0 saturated carbocycles. The Balaban J connectivity index is 1.60. The maximum atomic E-state index is 12.4. The first kappa shape index (κ1) is 17.2. The first-order chi connectivity index (χ1) is 12.1. The van der Waals surface area contributed by atoms with Crippen LogP contribution < -0.4 is 9.64 Å². The molecule has 1 aliphatic heterocycles. The fourth-order valence-electron chi connectivity index (χ4n) is 2.59. The van der Waals surface area contributed by atoms with Crippen molar-refractivity contribution in [2.45, 2.75) is 6.10 Å². The number of carbonyl (C=O) groups excluding carboxylic acids is 1. The van der Waals surface area contributed by atoms with E-state index in [1.807, 2.05) is 37.2 Å². The van der Waals surface area contributed by atoms with Gasteiger partial charge in [-0.2, -0.15) is 0 Å². The number of ether oxygens (including phenoxy) is 2. The number of nitrogens with zero attached hydrogens (tertiary/aromatic N) is 4. The third-order valence-electron chi connectivity index (χ3n) is 3.96. The van der Waals surface area contributed by atoms with Gasteiger partial charge in [-0.25, -0.2) is 4.98 Å². The first-order valence-corrected chi connectivity index (χ1v) is 8.20. The molecule has 0 spiro atoms. The van der Waals surface area contributed by atoms with Crippen molar-refractivity contribution in [3.8, 4) is 5.75 Å². The van der Waals surface area contributed by atoms with E-state index in [1.165, 1.54) is 0 Å². The van der Waals surface area contributed by atoms with E-state index < -0.39 is 0 Å². The fourth-order valence-corrected chi connectivity index (χ4v) is 2.59. The molecule has 2 aromatic heterocycles. The molecule has 0 bridgehead atoms. The molecule has 1 aliphatic rings. The largest absolute Gasteiger partial charge is 0.482 e. The molecule has 132 valence electrons. The Morgan fingerprint density at radius 2 is 2.24 bits per heavy atom. The average Bonchev–Trinajstić information content (AvgIpc) is 2.67. The van der Waals surface area contributed by atoms with Crippen LogP contribution in [0.25, 0.3) is 0 Å². The number of anilines is 1. The van der Waals surface area contributed by atoms with Gasteiger partial charge in [-0.05, 0) is 24.3 Å². The number of pyridine rings is 2. The van der Waals surface area contributed by atoms with Crippen molar-refractivity contribution in [2.24, 2.45) is 0 Å². The van der Waals surface area contributed by atoms with Crippen LogP contribution in [-0.4, -0.2) is 61.2 Å². The second-order valence-corrected chi connectivity index (χ2v) is 5.99. The molecule has 0 N–H and O–H groups in total. The Morgan fingerprint density at radius 3 is 3.00 bits per heavy atom. The summed E-state index contributed by atoms with van der Waals surface area (Å²) in [5.74, 6) is 1.38. The minimum Gasteiger partial charge on any atom is -0.482 e. The molecule has 1 atom stereocenters. The van der Waals surface area contributed by atoms with Crippen LogP contribution in [-0.2, 0) is 9.53 Å². The Hall–Kier alpha value is -2.67. The van der Waals surface area contributed by atoms with Crippen LogP contribution in [0.2, 0.25) is 0 Å². The predicted molar refractivity (Wildman–Crippen MR) is 93.6 cm³/mol. The molecule has 2 aromatic rings. The van der Waals surface area contributed by atoms with Crippen molar-refractivity contribution < 1.29 is 14.3 Å². The molecule has 1 amide bonds. The standard InChI is InChI=1S/C18H22N4O3/c1-21(2)17-7-3-6-15(20-17)16-12-22(9-10-24-16)18(23)13-25-14-5-4-8-19-11-14/h3-8,11,16H,9-10,12-13H2,1-2H3/t16-/m1/s1. The normalized spacial score (nSPS) is 17.2. The molecule has 0 unspecified atom stereocenters. The van der Waals surface area contributed by atoms with Crippen molar-refractivity contribution >= 4 is 11.7 Å². The summed E-state index contributed by atoms with van der Waals surface area (Å²) in [5.41, 5.74) is 0.830. The maximum Gasteiger partial charge on any atom is 0.260 e. The summed E-state index contributed by atoms with van der Waals surface area (Å²) < 4.78 is 11.3. The SMILES string of the molecule is CN(C)c1cccc([C@H]2CN(C(=O)COc3cccnc3)CCO2)n1. The van der Waals surface area contributed by atoms with Crippen LogP contribution in [0.5, 0.6) is 5.75 Å². The number of hydrogen-bond donors (Lipinski definition) is 0. The van der Waals surface area contributed by atoms with Crippen LogP contribution >= 0.6 is 0 Å². The highest BCUT2D eigenvalue weighted by Crippen LogP contribution is 2.22. The van der Waals surface area contributed by atoms with E-state index in [0.29, 0.717) is 25.4 Å². The second-order valence-electron chi connectivity index (χ2n) is 5.99. The first-order valence-electron chi connectivity index (χ1n) is 8.20. The van der Waals surface area contributed by atoms with Gasteiger partial charge in [0, 0.05) is 26.8 Å². The minimum absolute atomic E-state index is 0.0103. The van der Waals surface area contributed by atoms with E-state index in [0.717, 1.165) is 11.5 Å². The lowest BCUT2D eigenvalue weighted by molar-refractivity contribution is -0.141. The molecule has 1 saturated heterocycles. The lowest BCUT2D eigenvalue weighted by atomic mass is 10.2. The van der Waals surface area contributed by atoms with Crippen molar-refractivity contribution in [1.82, 2.24) is 14.9 Å². The van der Waals surface area contributed by atoms with Crippen LogP contribution in [0.1, 0.15) is 11.8 Å². The molecule has 0 aliphatic carbocycles. The van der Waals surface area contributed by atoms with Crippen molar-refractivity contribution in [2.75, 3.05) is 45.3 Å². The van der Waals surface area contributed by atoms with Gasteiger partial charge in [0.1, 0.15) is 17.7 Å². The van der Waals surface area contributed by atoms with Crippen molar-refractivity contribution in [1.29, 1.82) is 0 Å². The predicted octanol–water partition coefficient (Wildman–Crippen LogP) is 1.52. The summed E-state index contributed by atoms with van der Waals surface area (Å²) in [7, 11) is 3.89. The number of hydrogen-bond acceptors (Lipinski definition) is 6. The zero-order chi connectivity index (χ0) is 17.6. The second kappa shape index (κ2) is 7.94. The van der Waals surface area contributed by atoms with Gasteiger partial charge >= 0.3 is 0 Å². The number of amides is 1. The lowest BCUT2D eigenvalue weighted by Crippen LogP contribution is -2.44. The smallest absolute Gasteiger partial charge is 0.260 e. The summed E-state index contributed by atoms with van der Waals surface area (Å²) in [6.45, 7) is 1.50. The van der Waals surface area contributed by atoms with Gasteiger partial charge in [-0.1, -0.05) is 6.07 Å². The highest BCUT2D eigenvalue weighted by Gasteiger charge is 2.26. The molecule has 0 radical (unpaired) electrons. The van der Waals surface area contributed by atoms with Gasteiger partial charge < -0.3 is 19.3 Å². The summed E-state index contributed by atoms with van der Waals surface area (Å²) >= 11 is 0. The third kappa shape index (κ3) is 4.45. The van der Waals surface area contributed by atoms with E-state index in [4.69, 9.17) is 9.47 Å². The van der Waals surface area contributed by atoms with E-state index in [9.17, 15) is 4.79 Å². The Labute approximate surface area is 147 Å². The van der Waals surface area contributed by atoms with E-state index in [2.05, 4.69) is 9.97 Å². The third-order valence-corrected chi connectivity index (χ3v) is 3.96. The van der Waals surface area contributed by atoms with Gasteiger partial charge in [-0.15, -0.1) is 0 Å². The van der Waals surface area contributed by atoms with Gasteiger partial charge in [0.25, 0.3) is 5.91 Å². The van der Waals surface area contributed by atoms with Crippen LogP contribution in [0.3, 0.4) is 0 Å². The van der Waals surface area contributed by atoms with Gasteiger partial charge in [0.2, 0.25) is 0 Å². The van der Waals surface area contributed by atoms with Gasteiger partial charge in [0.05, 0.1) is 25.0 Å². The van der Waals surface area contributed by atoms with Crippen LogP contribution in [0.4, 0.5) is 5.82 Å². The molecule has 25 heavy (non-hydrogen) atoms. The lowest BCUT2D eigenvalue weighted by Gasteiger charge is -2.32. The van der Waals surface area contributed by atoms with E-state index >= 15 is 0 Å². The number of aromatic nitrogens is 2. The maximum absolute atomic E-state index is 12.4. The van der Waals surface area contributed by atoms with Gasteiger partial charge in [-0.3, -0.25) is 9.78 Å². The highest BCUT2D eigenvalue weighted by atomic mass is 16.5. The number of carbonyl (C=O) groups is 1. The van der Waals surface area contributed by atoms with E-state index in [1.54, 1.807) is 29.4 Å². The Kier molecular flexibility index (Phi) is 5.45. The zero-order valence-corrected chi connectivity index (χ0v) is 14.5. The molecule has 3 heterocycles. The zero-order valence-electron chi connectivity index (χ0n) is 14.5. The average molecular weight is 342 g/mol. The molecular formula is C18H22N4O3. The fraction of sp³-hybridized carbons (Fsp3) is 0.389. The molecule has 0 aromatic carbocycles. The quantitative estimate of drug-likeness (QED) is 0.821. The monoisotopic (exact) mass is 342 g/mol. The van der Waals surface area contributed by atoms with Crippen LogP contribution in [0.15, 0.2) is 42.7 Å². The molecule has 7 nitrogen and oxygen atoms in total. The Morgan fingerprint density at radius 1 is 1.36 bits per heavy atom. The molecule has 7 heteroatoms. The number of morpholine rings is 1. The summed E-state index contributed by atoms with van der Waals surface area (Å²) in [5, 5.41) is 0. The van der Waals surface area contributed by atoms with Crippen molar-refractivity contribution in [3.05, 3.63) is 48.4 Å². The molecule has 3 rings (SSSR count). The topological polar surface area (TPSA) is 67.8 Å². The summed E-state index contributed by atoms with van der Waals surface area (Å²) in [4.78, 5) is 24.7. The number of rotatable bonds is 5. The summed E-state index contributed by atoms with van der Waals surface area (Å²) in [6, 6.07) is 9.37. The minimum atomic E-state index is -0.226. The molecule has 1 fully saturated rings. The van der Waals surface area contributed by atoms with Crippen molar-refractivity contribution in [3.63, 3.8) is 0 Å². The highest BCUT2D eigenvalue weighted by molar-refractivity contribution is 5.77.